The van der Waals surface area contributed by atoms with Gasteiger partial charge in [0.1, 0.15) is 17.9 Å². The summed E-state index contributed by atoms with van der Waals surface area (Å²) < 4.78 is 11.2. The van der Waals surface area contributed by atoms with Crippen LogP contribution in [0.2, 0.25) is 0 Å². The maximum Gasteiger partial charge on any atom is 0.145 e. The Labute approximate surface area is 136 Å². The molecule has 2 heterocycles. The zero-order valence-electron chi connectivity index (χ0n) is 13.5. The van der Waals surface area contributed by atoms with Crippen LogP contribution in [0.5, 0.6) is 5.75 Å². The third kappa shape index (κ3) is 3.48. The number of para-hydroxylation sites is 1. The molecule has 0 saturated heterocycles. The Morgan fingerprint density at radius 2 is 1.91 bits per heavy atom. The highest BCUT2D eigenvalue weighted by Crippen LogP contribution is 2.29. The number of benzene rings is 1. The second-order valence-electron chi connectivity index (χ2n) is 5.24. The van der Waals surface area contributed by atoms with E-state index < -0.39 is 0 Å². The maximum absolute atomic E-state index is 5.86. The smallest absolute Gasteiger partial charge is 0.145 e. The average molecular weight is 308 g/mol. The Balaban J connectivity index is 1.99. The van der Waals surface area contributed by atoms with Gasteiger partial charge in [0.2, 0.25) is 0 Å². The van der Waals surface area contributed by atoms with Crippen LogP contribution in [0.3, 0.4) is 0 Å². The van der Waals surface area contributed by atoms with E-state index >= 15 is 0 Å². The Hall–Kier alpha value is -2.46. The molecule has 0 aliphatic rings. The van der Waals surface area contributed by atoms with Crippen LogP contribution in [0.4, 0.5) is 0 Å². The van der Waals surface area contributed by atoms with Gasteiger partial charge in [0, 0.05) is 18.2 Å². The van der Waals surface area contributed by atoms with Crippen molar-refractivity contribution in [1.29, 1.82) is 0 Å². The molecule has 0 N–H and O–H groups in total. The SMILES string of the molecule is CCOCCOc1cccc2c(C)cc(-c3ccccn3)nc12. The summed E-state index contributed by atoms with van der Waals surface area (Å²) in [5.74, 6) is 0.781. The molecule has 118 valence electrons. The van der Waals surface area contributed by atoms with E-state index in [1.807, 2.05) is 37.3 Å². The van der Waals surface area contributed by atoms with Gasteiger partial charge >= 0.3 is 0 Å². The third-order valence-electron chi connectivity index (χ3n) is 3.63. The zero-order valence-corrected chi connectivity index (χ0v) is 13.5. The molecule has 2 aromatic heterocycles. The molecular weight excluding hydrogens is 288 g/mol. The lowest BCUT2D eigenvalue weighted by Gasteiger charge is -2.11. The second-order valence-corrected chi connectivity index (χ2v) is 5.24. The Morgan fingerprint density at radius 3 is 2.70 bits per heavy atom. The summed E-state index contributed by atoms with van der Waals surface area (Å²) in [5, 5.41) is 1.10. The van der Waals surface area contributed by atoms with Gasteiger partial charge in [-0.2, -0.15) is 0 Å². The van der Waals surface area contributed by atoms with Gasteiger partial charge < -0.3 is 9.47 Å². The third-order valence-corrected chi connectivity index (χ3v) is 3.63. The standard InChI is InChI=1S/C19H20N2O2/c1-3-22-11-12-23-18-9-6-7-15-14(2)13-17(21-19(15)18)16-8-4-5-10-20-16/h4-10,13H,3,11-12H2,1-2H3. The lowest BCUT2D eigenvalue weighted by molar-refractivity contribution is 0.110. The number of hydrogen-bond donors (Lipinski definition) is 0. The quantitative estimate of drug-likeness (QED) is 0.645. The van der Waals surface area contributed by atoms with E-state index in [9.17, 15) is 0 Å². The number of hydrogen-bond acceptors (Lipinski definition) is 4. The van der Waals surface area contributed by atoms with E-state index in [1.54, 1.807) is 6.20 Å². The summed E-state index contributed by atoms with van der Waals surface area (Å²) in [7, 11) is 0. The molecule has 0 bridgehead atoms. The number of rotatable bonds is 6. The van der Waals surface area contributed by atoms with Gasteiger partial charge in [0.15, 0.2) is 0 Å². The predicted octanol–water partition coefficient (Wildman–Crippen LogP) is 4.02. The van der Waals surface area contributed by atoms with E-state index in [0.29, 0.717) is 19.8 Å². The molecule has 0 unspecified atom stereocenters. The van der Waals surface area contributed by atoms with E-state index in [2.05, 4.69) is 24.0 Å². The van der Waals surface area contributed by atoms with E-state index in [4.69, 9.17) is 14.5 Å². The first-order chi connectivity index (χ1) is 11.3. The maximum atomic E-state index is 5.86. The molecule has 3 rings (SSSR count). The monoisotopic (exact) mass is 308 g/mol. The van der Waals surface area contributed by atoms with Crippen LogP contribution in [0.1, 0.15) is 12.5 Å². The fourth-order valence-corrected chi connectivity index (χ4v) is 2.51. The summed E-state index contributed by atoms with van der Waals surface area (Å²) in [6, 6.07) is 13.9. The molecule has 4 nitrogen and oxygen atoms in total. The second kappa shape index (κ2) is 7.20. The lowest BCUT2D eigenvalue weighted by atomic mass is 10.1. The lowest BCUT2D eigenvalue weighted by Crippen LogP contribution is -2.07. The Morgan fingerprint density at radius 1 is 1.00 bits per heavy atom. The van der Waals surface area contributed by atoms with Crippen molar-refractivity contribution >= 4 is 10.9 Å². The highest BCUT2D eigenvalue weighted by Gasteiger charge is 2.10. The summed E-state index contributed by atoms with van der Waals surface area (Å²) in [5.41, 5.74) is 3.74. The van der Waals surface area contributed by atoms with Crippen molar-refractivity contribution in [2.75, 3.05) is 19.8 Å². The normalized spacial score (nSPS) is 10.9. The fraction of sp³-hybridized carbons (Fsp3) is 0.263. The number of aryl methyl sites for hydroxylation is 1. The molecule has 0 aliphatic heterocycles. The summed E-state index contributed by atoms with van der Waals surface area (Å²) in [6.45, 7) is 5.84. The highest BCUT2D eigenvalue weighted by molar-refractivity contribution is 5.89. The molecule has 0 radical (unpaired) electrons. The summed E-state index contributed by atoms with van der Waals surface area (Å²) in [4.78, 5) is 9.17. The number of aromatic nitrogens is 2. The molecule has 3 aromatic rings. The number of nitrogens with zero attached hydrogens (tertiary/aromatic N) is 2. The highest BCUT2D eigenvalue weighted by atomic mass is 16.5. The molecule has 0 spiro atoms. The minimum atomic E-state index is 0.515. The largest absolute Gasteiger partial charge is 0.489 e. The predicted molar refractivity (Wildman–Crippen MR) is 91.7 cm³/mol. The van der Waals surface area contributed by atoms with Crippen LogP contribution in [-0.4, -0.2) is 29.8 Å². The number of pyridine rings is 2. The van der Waals surface area contributed by atoms with Crippen LogP contribution in [0.15, 0.2) is 48.7 Å². The van der Waals surface area contributed by atoms with E-state index in [1.165, 1.54) is 0 Å². The Bertz CT molecular complexity index is 788. The van der Waals surface area contributed by atoms with Crippen molar-refractivity contribution < 1.29 is 9.47 Å². The molecule has 0 aliphatic carbocycles. The topological polar surface area (TPSA) is 44.2 Å². The van der Waals surface area contributed by atoms with Gasteiger partial charge in [-0.1, -0.05) is 18.2 Å². The van der Waals surface area contributed by atoms with Gasteiger partial charge in [0.05, 0.1) is 18.0 Å². The molecule has 23 heavy (non-hydrogen) atoms. The molecule has 0 saturated carbocycles. The van der Waals surface area contributed by atoms with Crippen LogP contribution >= 0.6 is 0 Å². The number of fused-ring (bicyclic) bond motifs is 1. The van der Waals surface area contributed by atoms with Crippen molar-refractivity contribution in [2.45, 2.75) is 13.8 Å². The molecule has 4 heteroatoms. The van der Waals surface area contributed by atoms with Crippen molar-refractivity contribution in [2.24, 2.45) is 0 Å². The molecule has 0 atom stereocenters. The van der Waals surface area contributed by atoms with Crippen LogP contribution in [-0.2, 0) is 4.74 Å². The first-order valence-corrected chi connectivity index (χ1v) is 7.82. The van der Waals surface area contributed by atoms with E-state index in [0.717, 1.165) is 33.6 Å². The van der Waals surface area contributed by atoms with Gasteiger partial charge in [-0.05, 0) is 43.7 Å². The van der Waals surface area contributed by atoms with E-state index in [-0.39, 0.29) is 0 Å². The van der Waals surface area contributed by atoms with Crippen molar-refractivity contribution in [3.05, 3.63) is 54.2 Å². The molecule has 1 aromatic carbocycles. The summed E-state index contributed by atoms with van der Waals surface area (Å²) in [6.07, 6.45) is 1.78. The number of ether oxygens (including phenoxy) is 2. The molecular formula is C19H20N2O2. The van der Waals surface area contributed by atoms with Crippen LogP contribution in [0, 0.1) is 6.92 Å². The molecule has 0 amide bonds. The van der Waals surface area contributed by atoms with Crippen LogP contribution < -0.4 is 4.74 Å². The first kappa shape index (κ1) is 15.4. The minimum absolute atomic E-state index is 0.515. The molecule has 0 fully saturated rings. The average Bonchev–Trinajstić information content (AvgIpc) is 2.60. The van der Waals surface area contributed by atoms with Gasteiger partial charge in [-0.3, -0.25) is 4.98 Å². The van der Waals surface area contributed by atoms with Gasteiger partial charge in [-0.15, -0.1) is 0 Å². The minimum Gasteiger partial charge on any atom is -0.489 e. The van der Waals surface area contributed by atoms with Gasteiger partial charge in [0.25, 0.3) is 0 Å². The van der Waals surface area contributed by atoms with Gasteiger partial charge in [-0.25, -0.2) is 4.98 Å². The van der Waals surface area contributed by atoms with Crippen molar-refractivity contribution in [1.82, 2.24) is 9.97 Å². The Kier molecular flexibility index (Phi) is 4.83. The van der Waals surface area contributed by atoms with Crippen LogP contribution in [0.25, 0.3) is 22.3 Å². The fourth-order valence-electron chi connectivity index (χ4n) is 2.51. The first-order valence-electron chi connectivity index (χ1n) is 7.82. The zero-order chi connectivity index (χ0) is 16.1. The van der Waals surface area contributed by atoms with Crippen molar-refractivity contribution in [3.8, 4) is 17.1 Å². The summed E-state index contributed by atoms with van der Waals surface area (Å²) >= 11 is 0. The van der Waals surface area contributed by atoms with Crippen molar-refractivity contribution in [3.63, 3.8) is 0 Å².